The highest BCUT2D eigenvalue weighted by Crippen LogP contribution is 2.62. The van der Waals surface area contributed by atoms with E-state index in [4.69, 9.17) is 4.74 Å². The molecule has 0 amide bonds. The Bertz CT molecular complexity index is 188. The monoisotopic (exact) mass is 183 g/mol. The maximum absolute atomic E-state index is 5.18. The Morgan fingerprint density at radius 1 is 1.38 bits per heavy atom. The highest BCUT2D eigenvalue weighted by Gasteiger charge is 2.62. The third-order valence-corrected chi connectivity index (χ3v) is 4.18. The summed E-state index contributed by atoms with van der Waals surface area (Å²) in [5, 5.41) is 0. The number of hydrogen-bond donors (Lipinski definition) is 0. The van der Waals surface area contributed by atoms with Crippen LogP contribution in [0.25, 0.3) is 0 Å². The number of likely N-dealkylation sites (tertiary alicyclic amines) is 1. The summed E-state index contributed by atoms with van der Waals surface area (Å²) in [4.78, 5) is 2.57. The molecule has 0 aromatic heterocycles. The molecule has 3 atom stereocenters. The molecule has 1 aliphatic carbocycles. The maximum Gasteiger partial charge on any atom is 0.0615 e. The van der Waals surface area contributed by atoms with Crippen molar-refractivity contribution < 1.29 is 4.74 Å². The van der Waals surface area contributed by atoms with Gasteiger partial charge in [0.05, 0.1) is 6.61 Å². The van der Waals surface area contributed by atoms with Crippen LogP contribution >= 0.6 is 0 Å². The number of ether oxygens (including phenoxy) is 1. The smallest absolute Gasteiger partial charge is 0.0615 e. The molecule has 13 heavy (non-hydrogen) atoms. The van der Waals surface area contributed by atoms with Gasteiger partial charge in [0.15, 0.2) is 0 Å². The average Bonchev–Trinajstić information content (AvgIpc) is 2.53. The molecule has 0 aromatic rings. The zero-order chi connectivity index (χ0) is 9.64. The van der Waals surface area contributed by atoms with Gasteiger partial charge in [-0.1, -0.05) is 13.8 Å². The van der Waals surface area contributed by atoms with Crippen molar-refractivity contribution >= 4 is 0 Å². The zero-order valence-corrected chi connectivity index (χ0v) is 9.21. The van der Waals surface area contributed by atoms with E-state index in [0.29, 0.717) is 11.5 Å². The molecule has 0 bridgehead atoms. The summed E-state index contributed by atoms with van der Waals surface area (Å²) in [5.41, 5.74) is 0.642. The minimum absolute atomic E-state index is 0.605. The van der Waals surface area contributed by atoms with E-state index in [1.54, 1.807) is 7.11 Å². The van der Waals surface area contributed by atoms with Gasteiger partial charge < -0.3 is 4.74 Å². The van der Waals surface area contributed by atoms with Gasteiger partial charge in [-0.2, -0.15) is 0 Å². The van der Waals surface area contributed by atoms with Gasteiger partial charge in [-0.05, 0) is 24.2 Å². The summed E-state index contributed by atoms with van der Waals surface area (Å²) >= 11 is 0. The standard InChI is InChI=1S/C11H21NO/c1-8(7-13-4)12-5-9-10(6-12)11(9,2)3/h8-10H,5-7H2,1-4H3. The Labute approximate surface area is 81.3 Å². The number of fused-ring (bicyclic) bond motifs is 1. The van der Waals surface area contributed by atoms with Crippen LogP contribution in [0.4, 0.5) is 0 Å². The summed E-state index contributed by atoms with van der Waals surface area (Å²) < 4.78 is 5.18. The first-order valence-electron chi connectivity index (χ1n) is 5.30. The van der Waals surface area contributed by atoms with E-state index in [9.17, 15) is 0 Å². The number of hydrogen-bond acceptors (Lipinski definition) is 2. The molecule has 2 heteroatoms. The Kier molecular flexibility index (Phi) is 2.16. The van der Waals surface area contributed by atoms with Crippen LogP contribution in [0.5, 0.6) is 0 Å². The molecule has 2 rings (SSSR count). The fourth-order valence-corrected chi connectivity index (χ4v) is 2.87. The van der Waals surface area contributed by atoms with Crippen LogP contribution in [-0.2, 0) is 4.74 Å². The number of methoxy groups -OCH3 is 1. The third kappa shape index (κ3) is 1.40. The summed E-state index contributed by atoms with van der Waals surface area (Å²) in [6.07, 6.45) is 0. The van der Waals surface area contributed by atoms with Gasteiger partial charge in [-0.25, -0.2) is 0 Å². The highest BCUT2D eigenvalue weighted by atomic mass is 16.5. The minimum atomic E-state index is 0.605. The van der Waals surface area contributed by atoms with Gasteiger partial charge in [0.2, 0.25) is 0 Å². The van der Waals surface area contributed by atoms with Crippen molar-refractivity contribution in [2.45, 2.75) is 26.8 Å². The van der Waals surface area contributed by atoms with E-state index in [-0.39, 0.29) is 0 Å². The van der Waals surface area contributed by atoms with Gasteiger partial charge in [-0.3, -0.25) is 4.90 Å². The number of rotatable bonds is 3. The van der Waals surface area contributed by atoms with Crippen LogP contribution < -0.4 is 0 Å². The second-order valence-corrected chi connectivity index (χ2v) is 5.29. The van der Waals surface area contributed by atoms with Crippen LogP contribution in [-0.4, -0.2) is 37.7 Å². The molecule has 0 aromatic carbocycles. The largest absolute Gasteiger partial charge is 0.383 e. The van der Waals surface area contributed by atoms with Crippen LogP contribution in [0, 0.1) is 17.3 Å². The predicted molar refractivity (Wildman–Crippen MR) is 53.7 cm³/mol. The van der Waals surface area contributed by atoms with Gasteiger partial charge in [0.25, 0.3) is 0 Å². The molecular weight excluding hydrogens is 162 g/mol. The van der Waals surface area contributed by atoms with E-state index in [2.05, 4.69) is 25.7 Å². The Balaban J connectivity index is 1.83. The molecule has 76 valence electrons. The first-order chi connectivity index (χ1) is 6.07. The van der Waals surface area contributed by atoms with Crippen molar-refractivity contribution in [3.05, 3.63) is 0 Å². The molecule has 0 radical (unpaired) electrons. The molecule has 0 N–H and O–H groups in total. The Morgan fingerprint density at radius 2 is 1.92 bits per heavy atom. The third-order valence-electron chi connectivity index (χ3n) is 4.18. The molecule has 3 unspecified atom stereocenters. The second kappa shape index (κ2) is 2.96. The highest BCUT2D eigenvalue weighted by molar-refractivity contribution is 5.11. The van der Waals surface area contributed by atoms with Crippen molar-refractivity contribution in [1.29, 1.82) is 0 Å². The fourth-order valence-electron chi connectivity index (χ4n) is 2.87. The number of piperidine rings is 1. The minimum Gasteiger partial charge on any atom is -0.383 e. The first-order valence-corrected chi connectivity index (χ1v) is 5.30. The lowest BCUT2D eigenvalue weighted by Gasteiger charge is -2.27. The molecule has 1 saturated carbocycles. The average molecular weight is 183 g/mol. The van der Waals surface area contributed by atoms with E-state index < -0.39 is 0 Å². The van der Waals surface area contributed by atoms with Gasteiger partial charge >= 0.3 is 0 Å². The molecule has 1 heterocycles. The zero-order valence-electron chi connectivity index (χ0n) is 9.21. The molecule has 0 spiro atoms. The normalized spacial score (nSPS) is 38.8. The van der Waals surface area contributed by atoms with E-state index in [1.807, 2.05) is 0 Å². The lowest BCUT2D eigenvalue weighted by Crippen LogP contribution is -2.37. The van der Waals surface area contributed by atoms with E-state index in [1.165, 1.54) is 13.1 Å². The van der Waals surface area contributed by atoms with Gasteiger partial charge in [0.1, 0.15) is 0 Å². The van der Waals surface area contributed by atoms with Gasteiger partial charge in [-0.15, -0.1) is 0 Å². The quantitative estimate of drug-likeness (QED) is 0.659. The molecule has 2 nitrogen and oxygen atoms in total. The van der Waals surface area contributed by atoms with Crippen molar-refractivity contribution in [3.8, 4) is 0 Å². The molecule has 2 fully saturated rings. The van der Waals surface area contributed by atoms with Gasteiger partial charge in [0, 0.05) is 26.2 Å². The first kappa shape index (κ1) is 9.47. The second-order valence-electron chi connectivity index (χ2n) is 5.29. The summed E-state index contributed by atoms with van der Waals surface area (Å²) in [6, 6.07) is 0.605. The SMILES string of the molecule is COCC(C)N1CC2C(C1)C2(C)C. The summed E-state index contributed by atoms with van der Waals surface area (Å²) in [5.74, 6) is 1.93. The maximum atomic E-state index is 5.18. The molecule has 1 aliphatic heterocycles. The van der Waals surface area contributed by atoms with Crippen LogP contribution in [0.3, 0.4) is 0 Å². The van der Waals surface area contributed by atoms with Crippen molar-refractivity contribution in [3.63, 3.8) is 0 Å². The van der Waals surface area contributed by atoms with Crippen molar-refractivity contribution in [1.82, 2.24) is 4.90 Å². The van der Waals surface area contributed by atoms with E-state index in [0.717, 1.165) is 18.4 Å². The summed E-state index contributed by atoms with van der Waals surface area (Å²) in [7, 11) is 1.79. The van der Waals surface area contributed by atoms with E-state index >= 15 is 0 Å². The Morgan fingerprint density at radius 3 is 2.38 bits per heavy atom. The fraction of sp³-hybridized carbons (Fsp3) is 1.00. The van der Waals surface area contributed by atoms with Crippen LogP contribution in [0.2, 0.25) is 0 Å². The predicted octanol–water partition coefficient (Wildman–Crippen LogP) is 1.61. The Hall–Kier alpha value is -0.0800. The molecule has 1 saturated heterocycles. The molecule has 2 aliphatic rings. The number of nitrogens with zero attached hydrogens (tertiary/aromatic N) is 1. The van der Waals surface area contributed by atoms with Crippen molar-refractivity contribution in [2.24, 2.45) is 17.3 Å². The lowest BCUT2D eigenvalue weighted by molar-refractivity contribution is 0.0994. The lowest BCUT2D eigenvalue weighted by atomic mass is 10.1. The topological polar surface area (TPSA) is 12.5 Å². The summed E-state index contributed by atoms with van der Waals surface area (Å²) in [6.45, 7) is 10.5. The molecular formula is C11H21NO. The van der Waals surface area contributed by atoms with Crippen molar-refractivity contribution in [2.75, 3.05) is 26.8 Å². The van der Waals surface area contributed by atoms with Crippen LogP contribution in [0.15, 0.2) is 0 Å². The van der Waals surface area contributed by atoms with Crippen LogP contribution in [0.1, 0.15) is 20.8 Å².